The Bertz CT molecular complexity index is 1200. The number of hydrogen-bond acceptors (Lipinski definition) is 4. The molecular weight excluding hydrogens is 376 g/mol. The van der Waals surface area contributed by atoms with Gasteiger partial charge >= 0.3 is 0 Å². The molecule has 138 valence electrons. The van der Waals surface area contributed by atoms with Gasteiger partial charge in [0.25, 0.3) is 5.91 Å². The maximum atomic E-state index is 12.3. The van der Waals surface area contributed by atoms with Crippen LogP contribution in [0.4, 0.5) is 0 Å². The molecule has 28 heavy (non-hydrogen) atoms. The second-order valence-corrected chi connectivity index (χ2v) is 6.47. The first-order chi connectivity index (χ1) is 13.6. The number of carbonyl (C=O) groups is 1. The van der Waals surface area contributed by atoms with Gasteiger partial charge in [0.05, 0.1) is 16.9 Å². The molecule has 1 aromatic heterocycles. The quantitative estimate of drug-likeness (QED) is 0.357. The summed E-state index contributed by atoms with van der Waals surface area (Å²) in [5, 5.41) is 23.2. The lowest BCUT2D eigenvalue weighted by Gasteiger charge is -2.04. The largest absolute Gasteiger partial charge is 0.507 e. The Morgan fingerprint density at radius 2 is 1.89 bits per heavy atom. The summed E-state index contributed by atoms with van der Waals surface area (Å²) in [7, 11) is 0. The minimum absolute atomic E-state index is 0.0826. The van der Waals surface area contributed by atoms with Gasteiger partial charge in [0.2, 0.25) is 0 Å². The van der Waals surface area contributed by atoms with Gasteiger partial charge in [-0.3, -0.25) is 9.89 Å². The number of nitrogens with one attached hydrogen (secondary N) is 2. The fraction of sp³-hybridized carbons (Fsp3) is 0. The van der Waals surface area contributed by atoms with Gasteiger partial charge in [0.1, 0.15) is 11.4 Å². The number of benzene rings is 3. The number of aromatic hydroxyl groups is 1. The van der Waals surface area contributed by atoms with Crippen LogP contribution in [-0.4, -0.2) is 27.4 Å². The van der Waals surface area contributed by atoms with Gasteiger partial charge in [0.15, 0.2) is 0 Å². The zero-order chi connectivity index (χ0) is 19.5. The molecule has 0 bridgehead atoms. The van der Waals surface area contributed by atoms with Crippen LogP contribution in [0, 0.1) is 0 Å². The second kappa shape index (κ2) is 7.54. The number of nitrogens with zero attached hydrogens (tertiary/aromatic N) is 2. The van der Waals surface area contributed by atoms with Crippen molar-refractivity contribution in [3.8, 4) is 17.0 Å². The molecule has 0 radical (unpaired) electrons. The summed E-state index contributed by atoms with van der Waals surface area (Å²) >= 11 is 6.16. The van der Waals surface area contributed by atoms with Crippen LogP contribution in [0.3, 0.4) is 0 Å². The Morgan fingerprint density at radius 3 is 2.75 bits per heavy atom. The van der Waals surface area contributed by atoms with E-state index in [0.29, 0.717) is 16.3 Å². The first-order valence-electron chi connectivity index (χ1n) is 8.48. The highest BCUT2D eigenvalue weighted by molar-refractivity contribution is 6.33. The smallest absolute Gasteiger partial charge is 0.289 e. The van der Waals surface area contributed by atoms with Crippen molar-refractivity contribution in [1.29, 1.82) is 0 Å². The molecule has 0 aliphatic carbocycles. The first-order valence-corrected chi connectivity index (χ1v) is 8.86. The molecule has 7 heteroatoms. The summed E-state index contributed by atoms with van der Waals surface area (Å²) in [4.78, 5) is 12.3. The number of aromatic nitrogens is 2. The van der Waals surface area contributed by atoms with Crippen molar-refractivity contribution in [3.05, 3.63) is 83.0 Å². The summed E-state index contributed by atoms with van der Waals surface area (Å²) in [5.41, 5.74) is 4.49. The first kappa shape index (κ1) is 17.8. The van der Waals surface area contributed by atoms with Crippen LogP contribution in [-0.2, 0) is 0 Å². The molecule has 0 saturated heterocycles. The lowest BCUT2D eigenvalue weighted by molar-refractivity contribution is 0.0950. The highest BCUT2D eigenvalue weighted by Crippen LogP contribution is 2.26. The van der Waals surface area contributed by atoms with E-state index in [1.165, 1.54) is 6.21 Å². The SMILES string of the molecule is O=C(NN=Cc1c(O)ccc2ccccc12)c1cc(-c2ccccc2Cl)n[nH]1. The summed E-state index contributed by atoms with van der Waals surface area (Å²) in [6.45, 7) is 0. The van der Waals surface area contributed by atoms with Crippen molar-refractivity contribution in [2.45, 2.75) is 0 Å². The Hall–Kier alpha value is -3.64. The number of aromatic amines is 1. The predicted molar refractivity (Wildman–Crippen MR) is 110 cm³/mol. The van der Waals surface area contributed by atoms with Gasteiger partial charge < -0.3 is 5.11 Å². The fourth-order valence-electron chi connectivity index (χ4n) is 2.88. The average Bonchev–Trinajstić information content (AvgIpc) is 3.20. The van der Waals surface area contributed by atoms with Gasteiger partial charge in [-0.15, -0.1) is 0 Å². The molecule has 4 aromatic rings. The molecule has 6 nitrogen and oxygen atoms in total. The van der Waals surface area contributed by atoms with E-state index in [2.05, 4.69) is 20.7 Å². The highest BCUT2D eigenvalue weighted by Gasteiger charge is 2.12. The molecule has 3 aromatic carbocycles. The monoisotopic (exact) mass is 390 g/mol. The third-order valence-electron chi connectivity index (χ3n) is 4.28. The minimum Gasteiger partial charge on any atom is -0.507 e. The Kier molecular flexibility index (Phi) is 4.78. The van der Waals surface area contributed by atoms with E-state index in [1.807, 2.05) is 48.5 Å². The molecule has 1 amide bonds. The van der Waals surface area contributed by atoms with E-state index < -0.39 is 5.91 Å². The summed E-state index contributed by atoms with van der Waals surface area (Å²) in [6, 6.07) is 19.9. The van der Waals surface area contributed by atoms with Gasteiger partial charge in [-0.25, -0.2) is 5.43 Å². The average molecular weight is 391 g/mol. The molecule has 0 saturated carbocycles. The predicted octanol–water partition coefficient (Wildman–Crippen LogP) is 4.35. The molecule has 0 aliphatic heterocycles. The Labute approximate surface area is 165 Å². The van der Waals surface area contributed by atoms with E-state index in [-0.39, 0.29) is 11.4 Å². The van der Waals surface area contributed by atoms with Gasteiger partial charge in [-0.1, -0.05) is 60.1 Å². The minimum atomic E-state index is -0.457. The van der Waals surface area contributed by atoms with Crippen LogP contribution in [0.5, 0.6) is 5.75 Å². The molecule has 0 fully saturated rings. The van der Waals surface area contributed by atoms with E-state index in [0.717, 1.165) is 16.3 Å². The van der Waals surface area contributed by atoms with Crippen LogP contribution in [0.2, 0.25) is 5.02 Å². The zero-order valence-electron chi connectivity index (χ0n) is 14.6. The van der Waals surface area contributed by atoms with Crippen molar-refractivity contribution in [2.24, 2.45) is 5.10 Å². The molecule has 0 atom stereocenters. The number of phenols is 1. The van der Waals surface area contributed by atoms with Crippen LogP contribution in [0.1, 0.15) is 16.1 Å². The molecule has 0 unspecified atom stereocenters. The number of rotatable bonds is 4. The van der Waals surface area contributed by atoms with E-state index >= 15 is 0 Å². The third-order valence-corrected chi connectivity index (χ3v) is 4.61. The molecule has 4 rings (SSSR count). The number of halogens is 1. The van der Waals surface area contributed by atoms with E-state index in [1.54, 1.807) is 18.2 Å². The number of amides is 1. The van der Waals surface area contributed by atoms with Crippen LogP contribution < -0.4 is 5.43 Å². The molecule has 0 aliphatic rings. The standard InChI is InChI=1S/C21H15ClN4O2/c22-17-8-4-3-7-15(17)18-11-19(25-24-18)21(28)26-23-12-16-14-6-2-1-5-13(14)9-10-20(16)27/h1-12,27H,(H,24,25)(H,26,28). The summed E-state index contributed by atoms with van der Waals surface area (Å²) in [6.07, 6.45) is 1.42. The number of phenolic OH excluding ortho intramolecular Hbond substituents is 1. The number of hydrazone groups is 1. The Balaban J connectivity index is 1.53. The zero-order valence-corrected chi connectivity index (χ0v) is 15.3. The van der Waals surface area contributed by atoms with Crippen molar-refractivity contribution in [2.75, 3.05) is 0 Å². The number of carbonyl (C=O) groups excluding carboxylic acids is 1. The molecule has 3 N–H and O–H groups in total. The fourth-order valence-corrected chi connectivity index (χ4v) is 3.11. The lowest BCUT2D eigenvalue weighted by atomic mass is 10.0. The topological polar surface area (TPSA) is 90.4 Å². The molecule has 0 spiro atoms. The van der Waals surface area contributed by atoms with Crippen molar-refractivity contribution in [1.82, 2.24) is 15.6 Å². The molecule has 1 heterocycles. The molecular formula is C21H15ClN4O2. The second-order valence-electron chi connectivity index (χ2n) is 6.07. The maximum absolute atomic E-state index is 12.3. The Morgan fingerprint density at radius 1 is 1.11 bits per heavy atom. The number of hydrogen-bond donors (Lipinski definition) is 3. The van der Waals surface area contributed by atoms with Crippen LogP contribution >= 0.6 is 11.6 Å². The lowest BCUT2D eigenvalue weighted by Crippen LogP contribution is -2.18. The number of fused-ring (bicyclic) bond motifs is 1. The number of H-pyrrole nitrogens is 1. The normalized spacial score (nSPS) is 11.2. The van der Waals surface area contributed by atoms with Gasteiger partial charge in [0, 0.05) is 11.1 Å². The highest BCUT2D eigenvalue weighted by atomic mass is 35.5. The van der Waals surface area contributed by atoms with Gasteiger partial charge in [-0.2, -0.15) is 10.2 Å². The van der Waals surface area contributed by atoms with E-state index in [4.69, 9.17) is 11.6 Å². The van der Waals surface area contributed by atoms with Crippen LogP contribution in [0.25, 0.3) is 22.0 Å². The van der Waals surface area contributed by atoms with Crippen molar-refractivity contribution in [3.63, 3.8) is 0 Å². The van der Waals surface area contributed by atoms with Crippen LogP contribution in [0.15, 0.2) is 71.8 Å². The summed E-state index contributed by atoms with van der Waals surface area (Å²) < 4.78 is 0. The third kappa shape index (κ3) is 3.45. The van der Waals surface area contributed by atoms with Crippen molar-refractivity contribution >= 4 is 34.5 Å². The van der Waals surface area contributed by atoms with E-state index in [9.17, 15) is 9.90 Å². The maximum Gasteiger partial charge on any atom is 0.289 e. The summed E-state index contributed by atoms with van der Waals surface area (Å²) in [5.74, 6) is -0.374. The van der Waals surface area contributed by atoms with Gasteiger partial charge in [-0.05, 0) is 29.0 Å². The van der Waals surface area contributed by atoms with Crippen molar-refractivity contribution < 1.29 is 9.90 Å².